The zero-order valence-electron chi connectivity index (χ0n) is 19.0. The number of aryl methyl sites for hydroxylation is 1. The van der Waals surface area contributed by atoms with Crippen LogP contribution in [-0.4, -0.2) is 102 Å². The first kappa shape index (κ1) is 23.8. The molecule has 2 aromatic rings. The third-order valence-electron chi connectivity index (χ3n) is 6.02. The van der Waals surface area contributed by atoms with Gasteiger partial charge in [0.1, 0.15) is 12.1 Å². The molecule has 2 saturated heterocycles. The number of nitrogens with zero attached hydrogens (tertiary/aromatic N) is 4. The summed E-state index contributed by atoms with van der Waals surface area (Å²) in [6, 6.07) is 4.54. The number of carbonyl (C=O) groups excluding carboxylic acids is 1. The fourth-order valence-electron chi connectivity index (χ4n) is 4.17. The molecule has 3 heterocycles. The van der Waals surface area contributed by atoms with Gasteiger partial charge in [-0.15, -0.1) is 0 Å². The van der Waals surface area contributed by atoms with Crippen LogP contribution in [0.4, 0.5) is 10.1 Å². The van der Waals surface area contributed by atoms with Gasteiger partial charge in [0.15, 0.2) is 5.69 Å². The van der Waals surface area contributed by atoms with E-state index in [0.717, 1.165) is 58.0 Å². The molecule has 2 aliphatic heterocycles. The van der Waals surface area contributed by atoms with Gasteiger partial charge < -0.3 is 19.6 Å². The molecule has 2 fully saturated rings. The summed E-state index contributed by atoms with van der Waals surface area (Å²) in [6.45, 7) is 10.2. The lowest BCUT2D eigenvalue weighted by Crippen LogP contribution is -2.50. The Kier molecular flexibility index (Phi) is 8.05. The lowest BCUT2D eigenvalue weighted by Gasteiger charge is -2.36. The molecule has 4 rings (SSSR count). The van der Waals surface area contributed by atoms with Crippen molar-refractivity contribution in [2.45, 2.75) is 19.6 Å². The highest BCUT2D eigenvalue weighted by molar-refractivity contribution is 6.02. The van der Waals surface area contributed by atoms with Crippen LogP contribution < -0.4 is 5.32 Å². The number of aliphatic hydroxyl groups excluding tert-OH is 1. The summed E-state index contributed by atoms with van der Waals surface area (Å²) >= 11 is 0. The van der Waals surface area contributed by atoms with Crippen LogP contribution in [0.2, 0.25) is 0 Å². The van der Waals surface area contributed by atoms with E-state index in [0.29, 0.717) is 25.5 Å². The maximum atomic E-state index is 13.9. The van der Waals surface area contributed by atoms with Crippen molar-refractivity contribution in [3.63, 3.8) is 0 Å². The molecule has 2 N–H and O–H groups in total. The average molecular weight is 462 g/mol. The topological polar surface area (TPSA) is 94.3 Å². The molecule has 1 atom stereocenters. The largest absolute Gasteiger partial charge is 0.447 e. The number of ether oxygens (including phenoxy) is 1. The van der Waals surface area contributed by atoms with Crippen LogP contribution in [0.25, 0.3) is 0 Å². The van der Waals surface area contributed by atoms with Gasteiger partial charge >= 0.3 is 0 Å². The number of hydrogen-bond donors (Lipinski definition) is 2. The van der Waals surface area contributed by atoms with Crippen LogP contribution in [0, 0.1) is 12.7 Å². The zero-order valence-corrected chi connectivity index (χ0v) is 19.0. The van der Waals surface area contributed by atoms with E-state index in [2.05, 4.69) is 25.0 Å². The number of aromatic nitrogens is 1. The number of β-amino-alcohol motifs (C(OH)–C–C–N with tert-alkyl or cyclic N) is 1. The standard InChI is InChI=1S/C23H32FN5O4/c1-17-2-3-19(24)20(12-17)26-23(31)21-16-33-22(25-21)15-28-6-4-27(5-7-28)13-18(30)14-29-8-10-32-11-9-29/h2-3,12,16,18,30H,4-11,13-15H2,1H3,(H,26,31)/t18-/m1/s1. The van der Waals surface area contributed by atoms with Crippen LogP contribution >= 0.6 is 0 Å². The summed E-state index contributed by atoms with van der Waals surface area (Å²) in [6.07, 6.45) is 0.928. The Hall–Kier alpha value is -2.37. The molecule has 180 valence electrons. The minimum atomic E-state index is -0.506. The molecule has 9 nitrogen and oxygen atoms in total. The van der Waals surface area contributed by atoms with Crippen molar-refractivity contribution in [3.8, 4) is 0 Å². The van der Waals surface area contributed by atoms with Crippen molar-refractivity contribution in [1.82, 2.24) is 19.7 Å². The number of benzene rings is 1. The van der Waals surface area contributed by atoms with E-state index in [9.17, 15) is 14.3 Å². The van der Waals surface area contributed by atoms with E-state index < -0.39 is 11.7 Å². The number of nitrogens with one attached hydrogen (secondary N) is 1. The smallest absolute Gasteiger partial charge is 0.277 e. The Bertz CT molecular complexity index is 925. The number of morpholine rings is 1. The predicted molar refractivity (Wildman–Crippen MR) is 121 cm³/mol. The summed E-state index contributed by atoms with van der Waals surface area (Å²) in [5.41, 5.74) is 1.09. The highest BCUT2D eigenvalue weighted by Gasteiger charge is 2.23. The Morgan fingerprint density at radius 1 is 1.12 bits per heavy atom. The molecule has 0 saturated carbocycles. The Labute approximate surface area is 193 Å². The van der Waals surface area contributed by atoms with Crippen LogP contribution in [0.15, 0.2) is 28.9 Å². The van der Waals surface area contributed by atoms with E-state index in [-0.39, 0.29) is 17.5 Å². The number of amides is 1. The van der Waals surface area contributed by atoms with Crippen LogP contribution in [0.5, 0.6) is 0 Å². The number of aliphatic hydroxyl groups is 1. The molecular weight excluding hydrogens is 429 g/mol. The van der Waals surface area contributed by atoms with Gasteiger partial charge in [-0.2, -0.15) is 0 Å². The normalized spacial score (nSPS) is 19.5. The van der Waals surface area contributed by atoms with Crippen LogP contribution in [-0.2, 0) is 11.3 Å². The van der Waals surface area contributed by atoms with Gasteiger partial charge in [0, 0.05) is 52.4 Å². The SMILES string of the molecule is Cc1ccc(F)c(NC(=O)c2coc(CN3CCN(C[C@@H](O)CN4CCOCC4)CC3)n2)c1. The first-order valence-electron chi connectivity index (χ1n) is 11.4. The number of halogens is 1. The minimum absolute atomic E-state index is 0.121. The highest BCUT2D eigenvalue weighted by atomic mass is 19.1. The quantitative estimate of drug-likeness (QED) is 0.606. The number of anilines is 1. The molecule has 0 unspecified atom stereocenters. The second kappa shape index (κ2) is 11.2. The van der Waals surface area contributed by atoms with Crippen LogP contribution in [0.3, 0.4) is 0 Å². The molecule has 0 aliphatic carbocycles. The molecular formula is C23H32FN5O4. The van der Waals surface area contributed by atoms with Gasteiger partial charge in [-0.05, 0) is 24.6 Å². The number of hydrogen-bond acceptors (Lipinski definition) is 8. The fraction of sp³-hybridized carbons (Fsp3) is 0.565. The van der Waals surface area contributed by atoms with Crippen molar-refractivity contribution in [2.24, 2.45) is 0 Å². The number of carbonyl (C=O) groups is 1. The minimum Gasteiger partial charge on any atom is -0.447 e. The van der Waals surface area contributed by atoms with E-state index in [1.807, 2.05) is 6.92 Å². The van der Waals surface area contributed by atoms with Gasteiger partial charge in [-0.3, -0.25) is 19.5 Å². The predicted octanol–water partition coefficient (Wildman–Crippen LogP) is 1.19. The van der Waals surface area contributed by atoms with Crippen molar-refractivity contribution in [2.75, 3.05) is 70.9 Å². The molecule has 2 aliphatic rings. The first-order valence-corrected chi connectivity index (χ1v) is 11.4. The molecule has 1 amide bonds. The van der Waals surface area contributed by atoms with Gasteiger partial charge in [0.25, 0.3) is 5.91 Å². The first-order chi connectivity index (χ1) is 16.0. The molecule has 0 bridgehead atoms. The second-order valence-electron chi connectivity index (χ2n) is 8.71. The van der Waals surface area contributed by atoms with E-state index >= 15 is 0 Å². The maximum absolute atomic E-state index is 13.9. The molecule has 33 heavy (non-hydrogen) atoms. The molecule has 0 radical (unpaired) electrons. The van der Waals surface area contributed by atoms with E-state index in [4.69, 9.17) is 9.15 Å². The highest BCUT2D eigenvalue weighted by Crippen LogP contribution is 2.17. The number of rotatable bonds is 8. The monoisotopic (exact) mass is 461 g/mol. The van der Waals surface area contributed by atoms with Gasteiger partial charge in [0.2, 0.25) is 5.89 Å². The number of piperazine rings is 1. The third-order valence-corrected chi connectivity index (χ3v) is 6.02. The Morgan fingerprint density at radius 3 is 2.52 bits per heavy atom. The summed E-state index contributed by atoms with van der Waals surface area (Å²) in [7, 11) is 0. The van der Waals surface area contributed by atoms with Crippen molar-refractivity contribution in [1.29, 1.82) is 0 Å². The summed E-state index contributed by atoms with van der Waals surface area (Å²) < 4.78 is 24.7. The maximum Gasteiger partial charge on any atom is 0.277 e. The van der Waals surface area contributed by atoms with E-state index in [1.165, 1.54) is 12.3 Å². The number of oxazole rings is 1. The summed E-state index contributed by atoms with van der Waals surface area (Å²) in [5, 5.41) is 13.0. The summed E-state index contributed by atoms with van der Waals surface area (Å²) in [5.74, 6) is -0.551. The average Bonchev–Trinajstić information content (AvgIpc) is 3.27. The van der Waals surface area contributed by atoms with Gasteiger partial charge in [0.05, 0.1) is 31.5 Å². The molecule has 0 spiro atoms. The lowest BCUT2D eigenvalue weighted by molar-refractivity contribution is 0.00187. The molecule has 1 aromatic carbocycles. The van der Waals surface area contributed by atoms with Crippen molar-refractivity contribution < 1.29 is 23.4 Å². The Balaban J connectivity index is 1.21. The fourth-order valence-corrected chi connectivity index (χ4v) is 4.17. The van der Waals surface area contributed by atoms with Gasteiger partial charge in [-0.25, -0.2) is 9.37 Å². The van der Waals surface area contributed by atoms with Crippen molar-refractivity contribution in [3.05, 3.63) is 47.4 Å². The van der Waals surface area contributed by atoms with E-state index in [1.54, 1.807) is 12.1 Å². The summed E-state index contributed by atoms with van der Waals surface area (Å²) in [4.78, 5) is 23.4. The zero-order chi connectivity index (χ0) is 23.2. The van der Waals surface area contributed by atoms with Gasteiger partial charge in [-0.1, -0.05) is 6.07 Å². The Morgan fingerprint density at radius 2 is 1.79 bits per heavy atom. The van der Waals surface area contributed by atoms with Crippen molar-refractivity contribution >= 4 is 11.6 Å². The van der Waals surface area contributed by atoms with Crippen LogP contribution in [0.1, 0.15) is 21.9 Å². The lowest BCUT2D eigenvalue weighted by atomic mass is 10.2. The second-order valence-corrected chi connectivity index (χ2v) is 8.71. The third kappa shape index (κ3) is 6.81. The molecule has 10 heteroatoms. The molecule has 1 aromatic heterocycles.